The SMILES string of the molecule is CCc1cn(-c2ccc(C=C3CCCN([C@H]4CCCc5ccc(OC)cc54)C3=O)cc2OC)cn1. The number of piperidine rings is 1. The standard InChI is InChI=1S/C29H33N3O3/c1-4-23-18-31(19-30-23)27-13-10-20(16-28(27)35-3)15-22-8-6-14-32(29(22)33)26-9-5-7-21-11-12-24(34-2)17-25(21)26/h10-13,15-19,26H,4-9,14H2,1-3H3/t26-/m0/s1. The lowest BCUT2D eigenvalue weighted by atomic mass is 9.85. The first-order valence-electron chi connectivity index (χ1n) is 12.5. The number of fused-ring (bicyclic) bond motifs is 1. The van der Waals surface area contributed by atoms with E-state index in [1.807, 2.05) is 47.4 Å². The third-order valence-corrected chi connectivity index (χ3v) is 7.21. The minimum Gasteiger partial charge on any atom is -0.497 e. The van der Waals surface area contributed by atoms with Crippen molar-refractivity contribution < 1.29 is 14.3 Å². The predicted octanol–water partition coefficient (Wildman–Crippen LogP) is 5.54. The van der Waals surface area contributed by atoms with E-state index in [0.717, 1.165) is 79.1 Å². The fourth-order valence-electron chi connectivity index (χ4n) is 5.34. The maximum absolute atomic E-state index is 13.7. The Bertz CT molecular complexity index is 1260. The molecule has 1 atom stereocenters. The molecule has 0 saturated carbocycles. The smallest absolute Gasteiger partial charge is 0.250 e. The number of hydrogen-bond donors (Lipinski definition) is 0. The van der Waals surface area contributed by atoms with Crippen molar-refractivity contribution in [2.24, 2.45) is 0 Å². The number of imidazole rings is 1. The van der Waals surface area contributed by atoms with Crippen molar-refractivity contribution in [1.29, 1.82) is 0 Å². The van der Waals surface area contributed by atoms with Crippen LogP contribution in [0.25, 0.3) is 11.8 Å². The number of hydrogen-bond acceptors (Lipinski definition) is 4. The molecule has 0 unspecified atom stereocenters. The van der Waals surface area contributed by atoms with Crippen LogP contribution in [-0.2, 0) is 17.6 Å². The van der Waals surface area contributed by atoms with E-state index in [1.165, 1.54) is 11.1 Å². The Hall–Kier alpha value is -3.54. The summed E-state index contributed by atoms with van der Waals surface area (Å²) in [5.41, 5.74) is 6.37. The van der Waals surface area contributed by atoms with E-state index in [2.05, 4.69) is 28.9 Å². The summed E-state index contributed by atoms with van der Waals surface area (Å²) in [5.74, 6) is 1.75. The van der Waals surface area contributed by atoms with Crippen LogP contribution in [0.2, 0.25) is 0 Å². The molecule has 3 aromatic rings. The van der Waals surface area contributed by atoms with Crippen molar-refractivity contribution in [1.82, 2.24) is 14.5 Å². The first-order valence-corrected chi connectivity index (χ1v) is 12.5. The van der Waals surface area contributed by atoms with Crippen molar-refractivity contribution in [3.63, 3.8) is 0 Å². The summed E-state index contributed by atoms with van der Waals surface area (Å²) in [5, 5.41) is 0. The van der Waals surface area contributed by atoms with Gasteiger partial charge in [0.15, 0.2) is 0 Å². The van der Waals surface area contributed by atoms with Gasteiger partial charge in [0.2, 0.25) is 5.91 Å². The summed E-state index contributed by atoms with van der Waals surface area (Å²) in [6.07, 6.45) is 11.7. The largest absolute Gasteiger partial charge is 0.497 e. The molecular weight excluding hydrogens is 438 g/mol. The second-order valence-electron chi connectivity index (χ2n) is 9.30. The van der Waals surface area contributed by atoms with Crippen LogP contribution < -0.4 is 9.47 Å². The molecular formula is C29H33N3O3. The van der Waals surface area contributed by atoms with E-state index < -0.39 is 0 Å². The monoisotopic (exact) mass is 471 g/mol. The van der Waals surface area contributed by atoms with E-state index in [-0.39, 0.29) is 11.9 Å². The van der Waals surface area contributed by atoms with Crippen LogP contribution in [0.5, 0.6) is 11.5 Å². The second-order valence-corrected chi connectivity index (χ2v) is 9.30. The fraction of sp³-hybridized carbons (Fsp3) is 0.379. The van der Waals surface area contributed by atoms with Crippen LogP contribution in [-0.4, -0.2) is 41.1 Å². The van der Waals surface area contributed by atoms with Gasteiger partial charge in [0, 0.05) is 18.3 Å². The average molecular weight is 472 g/mol. The Balaban J connectivity index is 1.42. The molecule has 5 rings (SSSR count). The molecule has 1 aliphatic heterocycles. The topological polar surface area (TPSA) is 56.6 Å². The fourth-order valence-corrected chi connectivity index (χ4v) is 5.34. The van der Waals surface area contributed by atoms with Gasteiger partial charge in [-0.3, -0.25) is 4.79 Å². The van der Waals surface area contributed by atoms with Gasteiger partial charge < -0.3 is 18.9 Å². The number of methoxy groups -OCH3 is 2. The maximum Gasteiger partial charge on any atom is 0.250 e. The number of benzene rings is 2. The van der Waals surface area contributed by atoms with Crippen LogP contribution in [0.3, 0.4) is 0 Å². The zero-order chi connectivity index (χ0) is 24.4. The zero-order valence-electron chi connectivity index (χ0n) is 20.8. The van der Waals surface area contributed by atoms with Crippen molar-refractivity contribution >= 4 is 12.0 Å². The van der Waals surface area contributed by atoms with Crippen LogP contribution in [0.1, 0.15) is 61.0 Å². The summed E-state index contributed by atoms with van der Waals surface area (Å²) in [6.45, 7) is 2.88. The van der Waals surface area contributed by atoms with E-state index >= 15 is 0 Å². The summed E-state index contributed by atoms with van der Waals surface area (Å²) < 4.78 is 13.2. The Kier molecular flexibility index (Phi) is 6.62. The molecule has 6 nitrogen and oxygen atoms in total. The lowest BCUT2D eigenvalue weighted by Gasteiger charge is -2.39. The average Bonchev–Trinajstić information content (AvgIpc) is 3.38. The van der Waals surface area contributed by atoms with Crippen LogP contribution in [0.4, 0.5) is 0 Å². The third kappa shape index (κ3) is 4.57. The molecule has 1 saturated heterocycles. The normalized spacial score (nSPS) is 19.1. The van der Waals surface area contributed by atoms with Crippen molar-refractivity contribution in [3.05, 3.63) is 76.9 Å². The van der Waals surface area contributed by atoms with Gasteiger partial charge in [-0.2, -0.15) is 0 Å². The highest BCUT2D eigenvalue weighted by Crippen LogP contribution is 2.39. The molecule has 6 heteroatoms. The summed E-state index contributed by atoms with van der Waals surface area (Å²) in [6, 6.07) is 12.5. The molecule has 1 amide bonds. The van der Waals surface area contributed by atoms with Gasteiger partial charge in [-0.1, -0.05) is 19.1 Å². The van der Waals surface area contributed by atoms with Crippen molar-refractivity contribution in [3.8, 4) is 17.2 Å². The highest BCUT2D eigenvalue weighted by Gasteiger charge is 2.33. The van der Waals surface area contributed by atoms with Gasteiger partial charge in [-0.15, -0.1) is 0 Å². The number of aryl methyl sites for hydroxylation is 2. The number of aromatic nitrogens is 2. The van der Waals surface area contributed by atoms with Crippen molar-refractivity contribution in [2.75, 3.05) is 20.8 Å². The van der Waals surface area contributed by atoms with Crippen LogP contribution in [0, 0.1) is 0 Å². The Morgan fingerprint density at radius 3 is 2.74 bits per heavy atom. The Morgan fingerprint density at radius 2 is 1.97 bits per heavy atom. The first kappa shape index (κ1) is 23.2. The zero-order valence-corrected chi connectivity index (χ0v) is 20.8. The number of carbonyl (C=O) groups excluding carboxylic acids is 1. The molecule has 2 aromatic carbocycles. The number of nitrogens with zero attached hydrogens (tertiary/aromatic N) is 3. The molecule has 0 radical (unpaired) electrons. The second kappa shape index (κ2) is 9.98. The predicted molar refractivity (Wildman–Crippen MR) is 137 cm³/mol. The van der Waals surface area contributed by atoms with Gasteiger partial charge >= 0.3 is 0 Å². The van der Waals surface area contributed by atoms with Crippen LogP contribution >= 0.6 is 0 Å². The quantitative estimate of drug-likeness (QED) is 0.443. The number of rotatable bonds is 6. The lowest BCUT2D eigenvalue weighted by Crippen LogP contribution is -2.41. The Labute approximate surface area is 207 Å². The summed E-state index contributed by atoms with van der Waals surface area (Å²) in [7, 11) is 3.37. The van der Waals surface area contributed by atoms with E-state index in [1.54, 1.807) is 14.2 Å². The van der Waals surface area contributed by atoms with Gasteiger partial charge in [-0.05, 0) is 85.6 Å². The third-order valence-electron chi connectivity index (χ3n) is 7.21. The maximum atomic E-state index is 13.7. The van der Waals surface area contributed by atoms with Crippen LogP contribution in [0.15, 0.2) is 54.5 Å². The molecule has 2 aliphatic rings. The molecule has 0 spiro atoms. The van der Waals surface area contributed by atoms with Gasteiger partial charge in [0.1, 0.15) is 11.5 Å². The molecule has 1 fully saturated rings. The van der Waals surface area contributed by atoms with E-state index in [0.29, 0.717) is 0 Å². The number of amides is 1. The van der Waals surface area contributed by atoms with Crippen molar-refractivity contribution in [2.45, 2.75) is 51.5 Å². The molecule has 182 valence electrons. The first-order chi connectivity index (χ1) is 17.1. The molecule has 35 heavy (non-hydrogen) atoms. The number of carbonyl (C=O) groups is 1. The number of likely N-dealkylation sites (tertiary alicyclic amines) is 1. The molecule has 2 heterocycles. The molecule has 1 aliphatic carbocycles. The molecule has 0 bridgehead atoms. The number of ether oxygens (including phenoxy) is 2. The highest BCUT2D eigenvalue weighted by atomic mass is 16.5. The minimum absolute atomic E-state index is 0.107. The lowest BCUT2D eigenvalue weighted by molar-refractivity contribution is -0.131. The minimum atomic E-state index is 0.107. The molecule has 1 aromatic heterocycles. The Morgan fingerprint density at radius 1 is 1.09 bits per heavy atom. The van der Waals surface area contributed by atoms with E-state index in [4.69, 9.17) is 9.47 Å². The van der Waals surface area contributed by atoms with Gasteiger partial charge in [0.25, 0.3) is 0 Å². The van der Waals surface area contributed by atoms with Gasteiger partial charge in [-0.25, -0.2) is 4.98 Å². The van der Waals surface area contributed by atoms with Gasteiger partial charge in [0.05, 0.1) is 38.0 Å². The van der Waals surface area contributed by atoms with E-state index in [9.17, 15) is 4.79 Å². The molecule has 0 N–H and O–H groups in total. The summed E-state index contributed by atoms with van der Waals surface area (Å²) >= 11 is 0. The summed E-state index contributed by atoms with van der Waals surface area (Å²) in [4.78, 5) is 20.2. The highest BCUT2D eigenvalue weighted by molar-refractivity contribution is 5.99.